The third kappa shape index (κ3) is 3.40. The number of furan rings is 1. The minimum atomic E-state index is -0.0159. The van der Waals surface area contributed by atoms with Crippen LogP contribution in [0, 0.1) is 12.8 Å². The summed E-state index contributed by atoms with van der Waals surface area (Å²) in [5.41, 5.74) is 1.71. The second-order valence-electron chi connectivity index (χ2n) is 6.22. The van der Waals surface area contributed by atoms with Crippen molar-refractivity contribution in [1.29, 1.82) is 0 Å². The molecule has 1 aliphatic rings. The van der Waals surface area contributed by atoms with Gasteiger partial charge in [0.1, 0.15) is 17.3 Å². The second-order valence-corrected chi connectivity index (χ2v) is 6.22. The monoisotopic (exact) mass is 334 g/mol. The van der Waals surface area contributed by atoms with Crippen LogP contribution in [-0.4, -0.2) is 10.9 Å². The molecule has 2 heterocycles. The van der Waals surface area contributed by atoms with Gasteiger partial charge in [-0.1, -0.05) is 0 Å². The summed E-state index contributed by atoms with van der Waals surface area (Å²) < 4.78 is 11.2. The number of aromatic nitrogens is 1. The summed E-state index contributed by atoms with van der Waals surface area (Å²) >= 11 is 0. The van der Waals surface area contributed by atoms with Gasteiger partial charge in [-0.25, -0.2) is 0 Å². The maximum Gasteiger partial charge on any atom is 0.228 e. The molecule has 3 aromatic rings. The molecule has 0 bridgehead atoms. The molecule has 1 aliphatic carbocycles. The number of carbonyl (C=O) groups excluding carboxylic acids is 1. The first kappa shape index (κ1) is 15.4. The molecule has 1 aromatic carbocycles. The molecule has 1 fully saturated rings. The Morgan fingerprint density at radius 1 is 1.28 bits per heavy atom. The zero-order valence-corrected chi connectivity index (χ0v) is 13.8. The number of carbonyl (C=O) groups is 1. The fraction of sp³-hybridized carbons (Fsp3) is 0.200. The van der Waals surface area contributed by atoms with E-state index in [4.69, 9.17) is 9.15 Å². The summed E-state index contributed by atoms with van der Waals surface area (Å²) in [7, 11) is 0. The average Bonchev–Trinajstić information content (AvgIpc) is 3.24. The van der Waals surface area contributed by atoms with Crippen molar-refractivity contribution in [3.63, 3.8) is 0 Å². The topological polar surface area (TPSA) is 64.4 Å². The summed E-state index contributed by atoms with van der Waals surface area (Å²) in [6.45, 7) is 1.95. The second kappa shape index (κ2) is 6.43. The number of nitrogens with one attached hydrogen (secondary N) is 1. The van der Waals surface area contributed by atoms with Crippen LogP contribution in [0.3, 0.4) is 0 Å². The van der Waals surface area contributed by atoms with Crippen LogP contribution < -0.4 is 10.1 Å². The third-order valence-electron chi connectivity index (χ3n) is 4.34. The smallest absolute Gasteiger partial charge is 0.228 e. The largest absolute Gasteiger partial charge is 0.469 e. The molecule has 0 aliphatic heterocycles. The van der Waals surface area contributed by atoms with E-state index in [0.29, 0.717) is 5.75 Å². The number of anilines is 1. The Hall–Kier alpha value is -3.08. The molecule has 5 heteroatoms. The lowest BCUT2D eigenvalue weighted by Gasteiger charge is -2.11. The summed E-state index contributed by atoms with van der Waals surface area (Å²) in [5.74, 6) is 2.52. The molecule has 0 unspecified atom stereocenters. The van der Waals surface area contributed by atoms with Crippen LogP contribution in [0.15, 0.2) is 65.5 Å². The highest BCUT2D eigenvalue weighted by atomic mass is 16.5. The zero-order chi connectivity index (χ0) is 17.2. The van der Waals surface area contributed by atoms with E-state index >= 15 is 0 Å². The molecule has 0 saturated heterocycles. The van der Waals surface area contributed by atoms with Crippen LogP contribution in [-0.2, 0) is 4.79 Å². The molecule has 1 amide bonds. The average molecular weight is 334 g/mol. The lowest BCUT2D eigenvalue weighted by molar-refractivity contribution is -0.117. The van der Waals surface area contributed by atoms with Gasteiger partial charge >= 0.3 is 0 Å². The van der Waals surface area contributed by atoms with E-state index in [1.807, 2.05) is 49.4 Å². The highest BCUT2D eigenvalue weighted by Gasteiger charge is 2.45. The SMILES string of the molecule is Cc1cc(NC(=O)[C@H]2C[C@H]2c2ccco2)ccc1Oc1cccnc1. The molecule has 2 aromatic heterocycles. The van der Waals surface area contributed by atoms with Gasteiger partial charge in [0.25, 0.3) is 0 Å². The molecule has 1 N–H and O–H groups in total. The predicted molar refractivity (Wildman–Crippen MR) is 93.7 cm³/mol. The van der Waals surface area contributed by atoms with E-state index in [-0.39, 0.29) is 17.7 Å². The molecule has 2 atom stereocenters. The van der Waals surface area contributed by atoms with Crippen molar-refractivity contribution >= 4 is 11.6 Å². The van der Waals surface area contributed by atoms with Gasteiger partial charge in [0.15, 0.2) is 0 Å². The Kier molecular flexibility index (Phi) is 3.98. The van der Waals surface area contributed by atoms with Crippen LogP contribution in [0.25, 0.3) is 0 Å². The van der Waals surface area contributed by atoms with Crippen molar-refractivity contribution < 1.29 is 13.9 Å². The molecular weight excluding hydrogens is 316 g/mol. The number of pyridine rings is 1. The van der Waals surface area contributed by atoms with Crippen LogP contribution in [0.5, 0.6) is 11.5 Å². The molecule has 5 nitrogen and oxygen atoms in total. The number of nitrogens with zero attached hydrogens (tertiary/aromatic N) is 1. The summed E-state index contributed by atoms with van der Waals surface area (Å²) in [6, 6.07) is 13.1. The number of rotatable bonds is 5. The molecule has 4 rings (SSSR count). The van der Waals surface area contributed by atoms with Crippen molar-refractivity contribution in [3.05, 3.63) is 72.4 Å². The van der Waals surface area contributed by atoms with E-state index in [1.165, 1.54) is 0 Å². The molecular formula is C20H18N2O3. The Morgan fingerprint density at radius 3 is 2.92 bits per heavy atom. The Morgan fingerprint density at radius 2 is 2.20 bits per heavy atom. The van der Waals surface area contributed by atoms with E-state index < -0.39 is 0 Å². The van der Waals surface area contributed by atoms with Crippen LogP contribution >= 0.6 is 0 Å². The fourth-order valence-electron chi connectivity index (χ4n) is 2.91. The van der Waals surface area contributed by atoms with E-state index in [1.54, 1.807) is 18.7 Å². The zero-order valence-electron chi connectivity index (χ0n) is 13.8. The Balaban J connectivity index is 1.40. The van der Waals surface area contributed by atoms with E-state index in [9.17, 15) is 4.79 Å². The number of ether oxygens (including phenoxy) is 1. The Bertz CT molecular complexity index is 875. The van der Waals surface area contributed by atoms with E-state index in [0.717, 1.165) is 29.2 Å². The van der Waals surface area contributed by atoms with Gasteiger partial charge in [-0.2, -0.15) is 0 Å². The molecule has 0 radical (unpaired) electrons. The van der Waals surface area contributed by atoms with Gasteiger partial charge in [-0.05, 0) is 61.4 Å². The number of hydrogen-bond acceptors (Lipinski definition) is 4. The quantitative estimate of drug-likeness (QED) is 0.745. The van der Waals surface area contributed by atoms with Gasteiger partial charge in [0.05, 0.1) is 12.5 Å². The number of aryl methyl sites for hydroxylation is 1. The maximum atomic E-state index is 12.4. The minimum Gasteiger partial charge on any atom is -0.469 e. The Labute approximate surface area is 145 Å². The van der Waals surface area contributed by atoms with Gasteiger partial charge in [-0.15, -0.1) is 0 Å². The van der Waals surface area contributed by atoms with Crippen molar-refractivity contribution in [3.8, 4) is 11.5 Å². The summed E-state index contributed by atoms with van der Waals surface area (Å²) in [5, 5.41) is 2.98. The van der Waals surface area contributed by atoms with E-state index in [2.05, 4.69) is 10.3 Å². The first-order chi connectivity index (χ1) is 12.2. The van der Waals surface area contributed by atoms with Gasteiger partial charge < -0.3 is 14.5 Å². The number of hydrogen-bond donors (Lipinski definition) is 1. The van der Waals surface area contributed by atoms with Crippen LogP contribution in [0.4, 0.5) is 5.69 Å². The third-order valence-corrected chi connectivity index (χ3v) is 4.34. The lowest BCUT2D eigenvalue weighted by Crippen LogP contribution is -2.14. The predicted octanol–water partition coefficient (Wildman–Crippen LogP) is 4.52. The minimum absolute atomic E-state index is 0.0159. The first-order valence-electron chi connectivity index (χ1n) is 8.23. The fourth-order valence-corrected chi connectivity index (χ4v) is 2.91. The van der Waals surface area contributed by atoms with Crippen LogP contribution in [0.1, 0.15) is 23.7 Å². The van der Waals surface area contributed by atoms with Crippen LogP contribution in [0.2, 0.25) is 0 Å². The standard InChI is InChI=1S/C20H18N2O3/c1-13-10-14(6-7-18(13)25-15-4-2-8-21-12-15)22-20(23)17-11-16(17)19-5-3-9-24-19/h2-10,12,16-17H,11H2,1H3,(H,22,23)/t16-,17+/m1/s1. The number of benzene rings is 1. The van der Waals surface area contributed by atoms with Gasteiger partial charge in [0, 0.05) is 23.7 Å². The van der Waals surface area contributed by atoms with Crippen molar-refractivity contribution in [2.45, 2.75) is 19.3 Å². The molecule has 0 spiro atoms. The van der Waals surface area contributed by atoms with Crippen molar-refractivity contribution in [1.82, 2.24) is 4.98 Å². The highest BCUT2D eigenvalue weighted by molar-refractivity contribution is 5.95. The first-order valence-corrected chi connectivity index (χ1v) is 8.23. The molecule has 1 saturated carbocycles. The van der Waals surface area contributed by atoms with Crippen molar-refractivity contribution in [2.24, 2.45) is 5.92 Å². The maximum absolute atomic E-state index is 12.4. The number of amides is 1. The van der Waals surface area contributed by atoms with Crippen molar-refractivity contribution in [2.75, 3.05) is 5.32 Å². The normalized spacial score (nSPS) is 18.6. The lowest BCUT2D eigenvalue weighted by atomic mass is 10.2. The van der Waals surface area contributed by atoms with Gasteiger partial charge in [-0.3, -0.25) is 9.78 Å². The summed E-state index contributed by atoms with van der Waals surface area (Å²) in [4.78, 5) is 16.4. The molecule has 25 heavy (non-hydrogen) atoms. The van der Waals surface area contributed by atoms with Gasteiger partial charge in [0.2, 0.25) is 5.91 Å². The molecule has 126 valence electrons. The summed E-state index contributed by atoms with van der Waals surface area (Å²) in [6.07, 6.45) is 5.84. The highest BCUT2D eigenvalue weighted by Crippen LogP contribution is 2.48.